The van der Waals surface area contributed by atoms with Crippen LogP contribution in [-0.4, -0.2) is 23.7 Å². The summed E-state index contributed by atoms with van der Waals surface area (Å²) < 4.78 is 11.3. The van der Waals surface area contributed by atoms with Crippen molar-refractivity contribution in [3.63, 3.8) is 0 Å². The Morgan fingerprint density at radius 2 is 1.81 bits per heavy atom. The minimum absolute atomic E-state index is 0.127. The predicted molar refractivity (Wildman–Crippen MR) is 120 cm³/mol. The van der Waals surface area contributed by atoms with Crippen molar-refractivity contribution in [3.8, 4) is 5.75 Å². The van der Waals surface area contributed by atoms with Gasteiger partial charge in [0.1, 0.15) is 11.9 Å². The third kappa shape index (κ3) is 4.32. The maximum Gasteiger partial charge on any atom is 0.313 e. The molecule has 0 heterocycles. The molecule has 3 atom stereocenters. The molecule has 0 saturated heterocycles. The van der Waals surface area contributed by atoms with Crippen LogP contribution in [0.25, 0.3) is 10.8 Å². The average molecular weight is 434 g/mol. The highest BCUT2D eigenvalue weighted by Crippen LogP contribution is 2.56. The van der Waals surface area contributed by atoms with Gasteiger partial charge >= 0.3 is 5.97 Å². The van der Waals surface area contributed by atoms with Crippen LogP contribution in [-0.2, 0) is 20.7 Å². The van der Waals surface area contributed by atoms with Crippen molar-refractivity contribution < 1.29 is 24.3 Å². The van der Waals surface area contributed by atoms with Crippen molar-refractivity contribution in [3.05, 3.63) is 77.9 Å². The number of hydrogen-bond donors (Lipinski definition) is 2. The largest absolute Gasteiger partial charge is 0.486 e. The van der Waals surface area contributed by atoms with Crippen LogP contribution in [0.3, 0.4) is 0 Å². The summed E-state index contributed by atoms with van der Waals surface area (Å²) >= 11 is 0. The van der Waals surface area contributed by atoms with Crippen molar-refractivity contribution in [2.24, 2.45) is 11.3 Å². The van der Waals surface area contributed by atoms with Gasteiger partial charge in [-0.05, 0) is 66.8 Å². The summed E-state index contributed by atoms with van der Waals surface area (Å²) in [7, 11) is 0. The Morgan fingerprint density at radius 1 is 1.09 bits per heavy atom. The SMILES string of the molecule is CCOC(=O)C1(Cc2ccc(OC(C)c3ccc4ccccc4c3)cc2)CC1C(=O)NO. The summed E-state index contributed by atoms with van der Waals surface area (Å²) in [6, 6.07) is 22.1. The highest BCUT2D eigenvalue weighted by Gasteiger charge is 2.64. The number of benzene rings is 3. The molecule has 1 fully saturated rings. The number of ether oxygens (including phenoxy) is 2. The third-order valence-electron chi connectivity index (χ3n) is 6.18. The second-order valence-corrected chi connectivity index (χ2v) is 8.30. The highest BCUT2D eigenvalue weighted by molar-refractivity contribution is 5.93. The molecule has 0 aliphatic heterocycles. The fourth-order valence-electron chi connectivity index (χ4n) is 4.28. The number of fused-ring (bicyclic) bond motifs is 1. The van der Waals surface area contributed by atoms with Crippen LogP contribution in [0, 0.1) is 11.3 Å². The molecule has 4 rings (SSSR count). The Labute approximate surface area is 187 Å². The van der Waals surface area contributed by atoms with E-state index in [-0.39, 0.29) is 12.7 Å². The van der Waals surface area contributed by atoms with Crippen LogP contribution in [0.15, 0.2) is 66.7 Å². The molecule has 0 radical (unpaired) electrons. The number of hydroxylamine groups is 1. The fraction of sp³-hybridized carbons (Fsp3) is 0.308. The number of amides is 1. The molecule has 6 heteroatoms. The van der Waals surface area contributed by atoms with Crippen molar-refractivity contribution in [2.45, 2.75) is 32.8 Å². The zero-order valence-corrected chi connectivity index (χ0v) is 18.2. The lowest BCUT2D eigenvalue weighted by Crippen LogP contribution is -2.30. The molecular formula is C26H27NO5. The Bertz CT molecular complexity index is 1130. The van der Waals surface area contributed by atoms with Crippen molar-refractivity contribution in [1.29, 1.82) is 0 Å². The second-order valence-electron chi connectivity index (χ2n) is 8.30. The smallest absolute Gasteiger partial charge is 0.313 e. The minimum Gasteiger partial charge on any atom is -0.486 e. The number of hydrogen-bond acceptors (Lipinski definition) is 5. The number of esters is 1. The number of carbonyl (C=O) groups is 2. The number of carbonyl (C=O) groups excluding carboxylic acids is 2. The molecule has 0 aromatic heterocycles. The van der Waals surface area contributed by atoms with Crippen LogP contribution in [0.5, 0.6) is 5.75 Å². The maximum atomic E-state index is 12.5. The molecule has 2 N–H and O–H groups in total. The highest BCUT2D eigenvalue weighted by atomic mass is 16.5. The Morgan fingerprint density at radius 3 is 2.50 bits per heavy atom. The van der Waals surface area contributed by atoms with Gasteiger partial charge in [-0.3, -0.25) is 14.8 Å². The lowest BCUT2D eigenvalue weighted by molar-refractivity contribution is -0.152. The Kier molecular flexibility index (Phi) is 6.15. The fourth-order valence-corrected chi connectivity index (χ4v) is 4.28. The average Bonchev–Trinajstić information content (AvgIpc) is 3.55. The first kappa shape index (κ1) is 21.8. The van der Waals surface area contributed by atoms with E-state index in [4.69, 9.17) is 14.7 Å². The van der Waals surface area contributed by atoms with Gasteiger partial charge in [-0.1, -0.05) is 48.5 Å². The summed E-state index contributed by atoms with van der Waals surface area (Å²) in [5.41, 5.74) is 2.72. The van der Waals surface area contributed by atoms with Crippen molar-refractivity contribution in [2.75, 3.05) is 6.61 Å². The van der Waals surface area contributed by atoms with E-state index in [0.717, 1.165) is 16.9 Å². The van der Waals surface area contributed by atoms with E-state index in [0.29, 0.717) is 12.8 Å². The number of rotatable bonds is 8. The van der Waals surface area contributed by atoms with E-state index < -0.39 is 23.2 Å². The van der Waals surface area contributed by atoms with Crippen LogP contribution < -0.4 is 10.2 Å². The molecule has 1 aliphatic carbocycles. The third-order valence-corrected chi connectivity index (χ3v) is 6.18. The molecule has 1 aliphatic rings. The molecule has 3 unspecified atom stereocenters. The molecule has 32 heavy (non-hydrogen) atoms. The zero-order valence-electron chi connectivity index (χ0n) is 18.2. The molecule has 166 valence electrons. The quantitative estimate of drug-likeness (QED) is 0.308. The van der Waals surface area contributed by atoms with Gasteiger partial charge in [-0.2, -0.15) is 0 Å². The molecule has 3 aromatic rings. The summed E-state index contributed by atoms with van der Waals surface area (Å²) in [6.07, 6.45) is 0.595. The predicted octanol–water partition coefficient (Wildman–Crippen LogP) is 4.60. The minimum atomic E-state index is -0.927. The maximum absolute atomic E-state index is 12.5. The van der Waals surface area contributed by atoms with Gasteiger partial charge in [-0.25, -0.2) is 5.48 Å². The van der Waals surface area contributed by atoms with Gasteiger partial charge in [0.05, 0.1) is 17.9 Å². The molecule has 1 amide bonds. The van der Waals surface area contributed by atoms with Gasteiger partial charge in [0.25, 0.3) is 0 Å². The van der Waals surface area contributed by atoms with Crippen molar-refractivity contribution in [1.82, 2.24) is 5.48 Å². The lowest BCUT2D eigenvalue weighted by Gasteiger charge is -2.18. The first-order chi connectivity index (χ1) is 15.5. The summed E-state index contributed by atoms with van der Waals surface area (Å²) in [4.78, 5) is 24.4. The monoisotopic (exact) mass is 433 g/mol. The summed E-state index contributed by atoms with van der Waals surface area (Å²) in [5, 5.41) is 11.3. The van der Waals surface area contributed by atoms with Gasteiger partial charge in [0.2, 0.25) is 5.91 Å². The normalized spacial score (nSPS) is 20.4. The molecular weight excluding hydrogens is 406 g/mol. The van der Waals surface area contributed by atoms with Gasteiger partial charge in [0.15, 0.2) is 0 Å². The molecule has 1 saturated carbocycles. The lowest BCUT2D eigenvalue weighted by atomic mass is 9.93. The van der Waals surface area contributed by atoms with E-state index in [1.54, 1.807) is 12.4 Å². The topological polar surface area (TPSA) is 84.9 Å². The first-order valence-electron chi connectivity index (χ1n) is 10.8. The van der Waals surface area contributed by atoms with Crippen LogP contribution in [0.4, 0.5) is 0 Å². The van der Waals surface area contributed by atoms with Gasteiger partial charge in [0, 0.05) is 0 Å². The summed E-state index contributed by atoms with van der Waals surface area (Å²) in [6.45, 7) is 3.99. The Balaban J connectivity index is 1.45. The van der Waals surface area contributed by atoms with E-state index in [1.165, 1.54) is 10.8 Å². The van der Waals surface area contributed by atoms with Crippen LogP contribution >= 0.6 is 0 Å². The van der Waals surface area contributed by atoms with Crippen LogP contribution in [0.2, 0.25) is 0 Å². The zero-order chi connectivity index (χ0) is 22.7. The van der Waals surface area contributed by atoms with Crippen LogP contribution in [0.1, 0.15) is 37.5 Å². The molecule has 0 bridgehead atoms. The van der Waals surface area contributed by atoms with Crippen molar-refractivity contribution >= 4 is 22.6 Å². The van der Waals surface area contributed by atoms with Gasteiger partial charge < -0.3 is 9.47 Å². The number of nitrogens with one attached hydrogen (secondary N) is 1. The second kappa shape index (κ2) is 9.01. The summed E-state index contributed by atoms with van der Waals surface area (Å²) in [5.74, 6) is -0.823. The van der Waals surface area contributed by atoms with E-state index in [9.17, 15) is 9.59 Å². The molecule has 0 spiro atoms. The van der Waals surface area contributed by atoms with E-state index >= 15 is 0 Å². The van der Waals surface area contributed by atoms with E-state index in [2.05, 4.69) is 30.3 Å². The first-order valence-corrected chi connectivity index (χ1v) is 10.8. The standard InChI is InChI=1S/C26H27NO5/c1-3-31-25(29)26(16-23(26)24(28)27-30)15-18-8-12-22(13-9-18)32-17(2)20-11-10-19-6-4-5-7-21(19)14-20/h4-14,17,23,30H,3,15-16H2,1-2H3,(H,27,28). The van der Waals surface area contributed by atoms with E-state index in [1.807, 2.05) is 43.3 Å². The molecule has 6 nitrogen and oxygen atoms in total. The molecule has 3 aromatic carbocycles. The van der Waals surface area contributed by atoms with Gasteiger partial charge in [-0.15, -0.1) is 0 Å². The Hall–Kier alpha value is -3.38.